The van der Waals surface area contributed by atoms with Gasteiger partial charge in [0.25, 0.3) is 0 Å². The van der Waals surface area contributed by atoms with Gasteiger partial charge in [-0.15, -0.1) is 5.10 Å². The molecule has 0 radical (unpaired) electrons. The first-order valence-corrected chi connectivity index (χ1v) is 10.4. The van der Waals surface area contributed by atoms with Crippen molar-refractivity contribution in [2.75, 3.05) is 25.4 Å². The van der Waals surface area contributed by atoms with Crippen LogP contribution in [0.4, 0.5) is 0 Å². The van der Waals surface area contributed by atoms with Crippen molar-refractivity contribution in [3.63, 3.8) is 0 Å². The molecular formula is C20H21N5O3S. The van der Waals surface area contributed by atoms with Gasteiger partial charge < -0.3 is 14.4 Å². The van der Waals surface area contributed by atoms with Gasteiger partial charge in [0.1, 0.15) is 6.61 Å². The lowest BCUT2D eigenvalue weighted by Gasteiger charge is -2.30. The number of aromatic nitrogens is 4. The van der Waals surface area contributed by atoms with Gasteiger partial charge in [0.2, 0.25) is 11.1 Å². The second-order valence-electron chi connectivity index (χ2n) is 6.43. The molecule has 8 nitrogen and oxygen atoms in total. The number of benzene rings is 2. The Balaban J connectivity index is 1.35. The molecule has 0 saturated carbocycles. The maximum Gasteiger partial charge on any atom is 0.233 e. The molecule has 2 aromatic carbocycles. The number of nitrogens with zero attached hydrogens (tertiary/aromatic N) is 5. The molecule has 29 heavy (non-hydrogen) atoms. The van der Waals surface area contributed by atoms with Crippen molar-refractivity contribution in [1.29, 1.82) is 0 Å². The number of hydrogen-bond acceptors (Lipinski definition) is 7. The first-order valence-electron chi connectivity index (χ1n) is 9.37. The molecule has 4 rings (SSSR count). The molecule has 1 atom stereocenters. The molecule has 0 saturated heterocycles. The third-order valence-electron chi connectivity index (χ3n) is 4.49. The molecule has 1 aliphatic heterocycles. The molecule has 0 unspecified atom stereocenters. The minimum absolute atomic E-state index is 0.00238. The van der Waals surface area contributed by atoms with Crippen LogP contribution < -0.4 is 9.47 Å². The molecule has 0 spiro atoms. The summed E-state index contributed by atoms with van der Waals surface area (Å²) in [4.78, 5) is 14.5. The number of likely N-dealkylation sites (N-methyl/N-ethyl adjacent to an activating group) is 1. The zero-order valence-electron chi connectivity index (χ0n) is 16.0. The minimum Gasteiger partial charge on any atom is -0.486 e. The van der Waals surface area contributed by atoms with Crippen LogP contribution in [0.2, 0.25) is 0 Å². The van der Waals surface area contributed by atoms with E-state index in [1.807, 2.05) is 61.5 Å². The summed E-state index contributed by atoms with van der Waals surface area (Å²) in [5, 5.41) is 12.4. The topological polar surface area (TPSA) is 82.4 Å². The Hall–Kier alpha value is -3.07. The molecule has 2 heterocycles. The zero-order valence-corrected chi connectivity index (χ0v) is 16.8. The number of amides is 1. The van der Waals surface area contributed by atoms with E-state index >= 15 is 0 Å². The first kappa shape index (κ1) is 19.3. The summed E-state index contributed by atoms with van der Waals surface area (Å²) in [5.41, 5.74) is 0.853. The van der Waals surface area contributed by atoms with Crippen molar-refractivity contribution in [2.45, 2.75) is 18.2 Å². The lowest BCUT2D eigenvalue weighted by Crippen LogP contribution is -2.44. The van der Waals surface area contributed by atoms with Crippen LogP contribution >= 0.6 is 11.8 Å². The van der Waals surface area contributed by atoms with E-state index in [1.54, 1.807) is 9.58 Å². The summed E-state index contributed by atoms with van der Waals surface area (Å²) >= 11 is 1.31. The number of rotatable bonds is 7. The van der Waals surface area contributed by atoms with Crippen LogP contribution in [0.3, 0.4) is 0 Å². The quantitative estimate of drug-likeness (QED) is 0.552. The molecular weight excluding hydrogens is 390 g/mol. The Bertz CT molecular complexity index is 966. The smallest absolute Gasteiger partial charge is 0.233 e. The molecule has 9 heteroatoms. The van der Waals surface area contributed by atoms with Crippen molar-refractivity contribution in [1.82, 2.24) is 25.1 Å². The number of carbonyl (C=O) groups excluding carboxylic acids is 1. The largest absolute Gasteiger partial charge is 0.486 e. The molecule has 1 aliphatic rings. The average Bonchev–Trinajstić information content (AvgIpc) is 3.25. The summed E-state index contributed by atoms with van der Waals surface area (Å²) in [6.07, 6.45) is -0.201. The Morgan fingerprint density at radius 1 is 1.17 bits per heavy atom. The third kappa shape index (κ3) is 4.51. The fourth-order valence-corrected chi connectivity index (χ4v) is 3.82. The van der Waals surface area contributed by atoms with Crippen LogP contribution in [0, 0.1) is 0 Å². The van der Waals surface area contributed by atoms with Crippen LogP contribution in [0.1, 0.15) is 6.92 Å². The van der Waals surface area contributed by atoms with Gasteiger partial charge in [0, 0.05) is 6.54 Å². The van der Waals surface area contributed by atoms with Gasteiger partial charge in [-0.05, 0) is 41.6 Å². The number of fused-ring (bicyclic) bond motifs is 1. The lowest BCUT2D eigenvalue weighted by atomic mass is 10.2. The van der Waals surface area contributed by atoms with Crippen LogP contribution in [-0.2, 0) is 4.79 Å². The fraction of sp³-hybridized carbons (Fsp3) is 0.300. The van der Waals surface area contributed by atoms with E-state index in [4.69, 9.17) is 9.47 Å². The van der Waals surface area contributed by atoms with Gasteiger partial charge in [-0.2, -0.15) is 4.68 Å². The van der Waals surface area contributed by atoms with E-state index in [0.29, 0.717) is 30.6 Å². The van der Waals surface area contributed by atoms with Crippen molar-refractivity contribution in [3.05, 3.63) is 54.6 Å². The van der Waals surface area contributed by atoms with Gasteiger partial charge in [0.05, 0.1) is 18.0 Å². The van der Waals surface area contributed by atoms with E-state index in [0.717, 1.165) is 11.4 Å². The monoisotopic (exact) mass is 411 g/mol. The van der Waals surface area contributed by atoms with Crippen molar-refractivity contribution < 1.29 is 14.3 Å². The van der Waals surface area contributed by atoms with E-state index in [9.17, 15) is 4.79 Å². The highest BCUT2D eigenvalue weighted by Crippen LogP contribution is 2.31. The Labute approximate surface area is 172 Å². The summed E-state index contributed by atoms with van der Waals surface area (Å²) < 4.78 is 13.4. The van der Waals surface area contributed by atoms with E-state index in [1.165, 1.54) is 11.8 Å². The minimum atomic E-state index is -0.201. The van der Waals surface area contributed by atoms with Crippen molar-refractivity contribution >= 4 is 17.7 Å². The number of ether oxygens (including phenoxy) is 2. The predicted octanol–water partition coefficient (Wildman–Crippen LogP) is 2.44. The molecule has 3 aromatic rings. The zero-order chi connectivity index (χ0) is 20.1. The maximum absolute atomic E-state index is 12.8. The lowest BCUT2D eigenvalue weighted by molar-refractivity contribution is -0.129. The van der Waals surface area contributed by atoms with Crippen LogP contribution in [-0.4, -0.2) is 62.6 Å². The standard InChI is InChI=1S/C20H21N5O3S/c1-2-24(12-16-13-27-17-10-6-7-11-18(17)28-16)19(26)14-29-20-21-22-23-25(20)15-8-4-3-5-9-15/h3-11,16H,2,12-14H2,1H3/t16-/m0/s1. The Kier molecular flexibility index (Phi) is 5.95. The molecule has 150 valence electrons. The van der Waals surface area contributed by atoms with E-state index in [-0.39, 0.29) is 17.8 Å². The molecule has 1 aromatic heterocycles. The van der Waals surface area contributed by atoms with Crippen LogP contribution in [0.15, 0.2) is 59.8 Å². The average molecular weight is 411 g/mol. The van der Waals surface area contributed by atoms with E-state index < -0.39 is 0 Å². The maximum atomic E-state index is 12.8. The highest BCUT2D eigenvalue weighted by Gasteiger charge is 2.25. The summed E-state index contributed by atoms with van der Waals surface area (Å²) in [7, 11) is 0. The van der Waals surface area contributed by atoms with Gasteiger partial charge in [-0.1, -0.05) is 42.1 Å². The summed E-state index contributed by atoms with van der Waals surface area (Å²) in [6, 6.07) is 17.2. The number of tetrazole rings is 1. The Morgan fingerprint density at radius 2 is 1.93 bits per heavy atom. The molecule has 0 aliphatic carbocycles. The number of para-hydroxylation sites is 3. The van der Waals surface area contributed by atoms with Crippen molar-refractivity contribution in [2.24, 2.45) is 0 Å². The van der Waals surface area contributed by atoms with Crippen LogP contribution in [0.25, 0.3) is 5.69 Å². The molecule has 1 amide bonds. The number of thioether (sulfide) groups is 1. The van der Waals surface area contributed by atoms with E-state index in [2.05, 4.69) is 15.5 Å². The molecule has 0 fully saturated rings. The fourth-order valence-electron chi connectivity index (χ4n) is 3.02. The third-order valence-corrected chi connectivity index (χ3v) is 5.40. The van der Waals surface area contributed by atoms with Gasteiger partial charge in [0.15, 0.2) is 17.6 Å². The second-order valence-corrected chi connectivity index (χ2v) is 7.37. The highest BCUT2D eigenvalue weighted by atomic mass is 32.2. The van der Waals surface area contributed by atoms with Crippen LogP contribution in [0.5, 0.6) is 11.5 Å². The second kappa shape index (κ2) is 8.95. The first-order chi connectivity index (χ1) is 14.2. The Morgan fingerprint density at radius 3 is 2.72 bits per heavy atom. The number of hydrogen-bond donors (Lipinski definition) is 0. The van der Waals surface area contributed by atoms with Crippen molar-refractivity contribution in [3.8, 4) is 17.2 Å². The molecule has 0 bridgehead atoms. The SMILES string of the molecule is CCN(C[C@H]1COc2ccccc2O1)C(=O)CSc1nnnn1-c1ccccc1. The highest BCUT2D eigenvalue weighted by molar-refractivity contribution is 7.99. The summed E-state index contributed by atoms with van der Waals surface area (Å²) in [6.45, 7) is 3.42. The van der Waals surface area contributed by atoms with Gasteiger partial charge in [-0.25, -0.2) is 0 Å². The summed E-state index contributed by atoms with van der Waals surface area (Å²) in [5.74, 6) is 1.69. The van der Waals surface area contributed by atoms with Gasteiger partial charge in [-0.3, -0.25) is 4.79 Å². The number of carbonyl (C=O) groups is 1. The van der Waals surface area contributed by atoms with Gasteiger partial charge >= 0.3 is 0 Å². The normalized spacial score (nSPS) is 15.1. The predicted molar refractivity (Wildman–Crippen MR) is 108 cm³/mol. The molecule has 0 N–H and O–H groups in total.